The van der Waals surface area contributed by atoms with Crippen LogP contribution in [0.1, 0.15) is 26.3 Å². The Balaban J connectivity index is 2.73. The highest BCUT2D eigenvalue weighted by Gasteiger charge is 2.11. The van der Waals surface area contributed by atoms with Gasteiger partial charge < -0.3 is 16.4 Å². The summed E-state index contributed by atoms with van der Waals surface area (Å²) in [4.78, 5) is 11.1. The standard InChI is InChI=1S/C15H25N3O/c1-10(2)13(8-16)9-17-15-7-14(18-12(4)19)6-5-11(15)3/h5-7,10,13,17H,8-9,16H2,1-4H3,(H,18,19). The van der Waals surface area contributed by atoms with Crippen LogP contribution in [-0.4, -0.2) is 19.0 Å². The van der Waals surface area contributed by atoms with Crippen LogP contribution in [0.4, 0.5) is 11.4 Å². The number of carbonyl (C=O) groups excluding carboxylic acids is 1. The molecule has 4 nitrogen and oxygen atoms in total. The lowest BCUT2D eigenvalue weighted by Gasteiger charge is -2.21. The van der Waals surface area contributed by atoms with E-state index in [2.05, 4.69) is 24.5 Å². The molecule has 0 fully saturated rings. The maximum absolute atomic E-state index is 11.1. The summed E-state index contributed by atoms with van der Waals surface area (Å²) in [5, 5.41) is 6.22. The quantitative estimate of drug-likeness (QED) is 0.739. The summed E-state index contributed by atoms with van der Waals surface area (Å²) < 4.78 is 0. The van der Waals surface area contributed by atoms with Gasteiger partial charge in [0.1, 0.15) is 0 Å². The molecule has 0 aromatic heterocycles. The molecule has 1 unspecified atom stereocenters. The van der Waals surface area contributed by atoms with Crippen molar-refractivity contribution >= 4 is 17.3 Å². The summed E-state index contributed by atoms with van der Waals surface area (Å²) in [6.07, 6.45) is 0. The Morgan fingerprint density at radius 3 is 2.58 bits per heavy atom. The lowest BCUT2D eigenvalue weighted by Crippen LogP contribution is -2.27. The molecule has 0 aliphatic carbocycles. The average Bonchev–Trinajstić information content (AvgIpc) is 2.32. The van der Waals surface area contributed by atoms with Crippen molar-refractivity contribution in [1.29, 1.82) is 0 Å². The van der Waals surface area contributed by atoms with Crippen LogP contribution in [0.5, 0.6) is 0 Å². The zero-order valence-corrected chi connectivity index (χ0v) is 12.3. The van der Waals surface area contributed by atoms with E-state index in [1.807, 2.05) is 25.1 Å². The summed E-state index contributed by atoms with van der Waals surface area (Å²) >= 11 is 0. The van der Waals surface area contributed by atoms with E-state index in [1.54, 1.807) is 0 Å². The molecule has 0 radical (unpaired) electrons. The second-order valence-corrected chi connectivity index (χ2v) is 5.33. The largest absolute Gasteiger partial charge is 0.384 e. The molecule has 1 atom stereocenters. The van der Waals surface area contributed by atoms with Crippen molar-refractivity contribution in [3.63, 3.8) is 0 Å². The van der Waals surface area contributed by atoms with Gasteiger partial charge in [-0.25, -0.2) is 0 Å². The van der Waals surface area contributed by atoms with Crippen LogP contribution >= 0.6 is 0 Å². The average molecular weight is 263 g/mol. The van der Waals surface area contributed by atoms with E-state index in [1.165, 1.54) is 6.92 Å². The van der Waals surface area contributed by atoms with Gasteiger partial charge in [0, 0.05) is 24.8 Å². The van der Waals surface area contributed by atoms with Gasteiger partial charge in [0.2, 0.25) is 5.91 Å². The highest BCUT2D eigenvalue weighted by molar-refractivity contribution is 5.89. The molecule has 4 N–H and O–H groups in total. The Hall–Kier alpha value is -1.55. The fourth-order valence-electron chi connectivity index (χ4n) is 1.93. The molecular formula is C15H25N3O. The highest BCUT2D eigenvalue weighted by Crippen LogP contribution is 2.21. The number of nitrogens with two attached hydrogens (primary N) is 1. The van der Waals surface area contributed by atoms with Crippen molar-refractivity contribution in [2.24, 2.45) is 17.6 Å². The van der Waals surface area contributed by atoms with Crippen molar-refractivity contribution in [3.05, 3.63) is 23.8 Å². The topological polar surface area (TPSA) is 67.2 Å². The van der Waals surface area contributed by atoms with Gasteiger partial charge in [0.25, 0.3) is 0 Å². The van der Waals surface area contributed by atoms with Crippen molar-refractivity contribution in [2.75, 3.05) is 23.7 Å². The van der Waals surface area contributed by atoms with Gasteiger partial charge in [-0.3, -0.25) is 4.79 Å². The molecular weight excluding hydrogens is 238 g/mol. The van der Waals surface area contributed by atoms with Crippen molar-refractivity contribution in [1.82, 2.24) is 0 Å². The third-order valence-electron chi connectivity index (χ3n) is 3.36. The van der Waals surface area contributed by atoms with Gasteiger partial charge in [-0.2, -0.15) is 0 Å². The van der Waals surface area contributed by atoms with Gasteiger partial charge in [0.05, 0.1) is 0 Å². The van der Waals surface area contributed by atoms with E-state index >= 15 is 0 Å². The molecule has 0 saturated heterocycles. The van der Waals surface area contributed by atoms with Crippen LogP contribution in [-0.2, 0) is 4.79 Å². The van der Waals surface area contributed by atoms with Crippen LogP contribution in [0.25, 0.3) is 0 Å². The second-order valence-electron chi connectivity index (χ2n) is 5.33. The molecule has 0 saturated carbocycles. The molecule has 0 spiro atoms. The summed E-state index contributed by atoms with van der Waals surface area (Å²) in [7, 11) is 0. The van der Waals surface area contributed by atoms with Gasteiger partial charge in [-0.15, -0.1) is 0 Å². The Morgan fingerprint density at radius 2 is 2.05 bits per heavy atom. The van der Waals surface area contributed by atoms with E-state index in [-0.39, 0.29) is 5.91 Å². The number of rotatable bonds is 6. The first-order valence-electron chi connectivity index (χ1n) is 6.76. The molecule has 0 heterocycles. The molecule has 1 amide bonds. The Kier molecular flexibility index (Phi) is 5.83. The SMILES string of the molecule is CC(=O)Nc1ccc(C)c(NCC(CN)C(C)C)c1. The monoisotopic (exact) mass is 263 g/mol. The van der Waals surface area contributed by atoms with Gasteiger partial charge in [-0.05, 0) is 43.0 Å². The normalized spacial score (nSPS) is 12.3. The number of amides is 1. The number of hydrogen-bond donors (Lipinski definition) is 3. The van der Waals surface area contributed by atoms with Crippen LogP contribution < -0.4 is 16.4 Å². The number of nitrogens with one attached hydrogen (secondary N) is 2. The maximum atomic E-state index is 11.1. The van der Waals surface area contributed by atoms with Crippen LogP contribution in [0.2, 0.25) is 0 Å². The first kappa shape index (κ1) is 15.5. The van der Waals surface area contributed by atoms with Crippen LogP contribution in [0, 0.1) is 18.8 Å². The Bertz CT molecular complexity index is 429. The summed E-state index contributed by atoms with van der Waals surface area (Å²) in [6.45, 7) is 9.44. The molecule has 4 heteroatoms. The molecule has 0 bridgehead atoms. The number of carbonyl (C=O) groups is 1. The molecule has 106 valence electrons. The predicted molar refractivity (Wildman–Crippen MR) is 81.4 cm³/mol. The van der Waals surface area contributed by atoms with Crippen LogP contribution in [0.15, 0.2) is 18.2 Å². The molecule has 1 aromatic carbocycles. The van der Waals surface area contributed by atoms with Gasteiger partial charge >= 0.3 is 0 Å². The Labute approximate surface area is 115 Å². The van der Waals surface area contributed by atoms with Crippen molar-refractivity contribution < 1.29 is 4.79 Å². The fourth-order valence-corrected chi connectivity index (χ4v) is 1.93. The van der Waals surface area contributed by atoms with E-state index in [0.29, 0.717) is 18.4 Å². The number of aryl methyl sites for hydroxylation is 1. The number of hydrogen-bond acceptors (Lipinski definition) is 3. The minimum atomic E-state index is -0.0585. The van der Waals surface area contributed by atoms with E-state index in [9.17, 15) is 4.79 Å². The Morgan fingerprint density at radius 1 is 1.37 bits per heavy atom. The van der Waals surface area contributed by atoms with Crippen LogP contribution in [0.3, 0.4) is 0 Å². The summed E-state index contributed by atoms with van der Waals surface area (Å²) in [5.41, 5.74) is 8.80. The second kappa shape index (κ2) is 7.14. The zero-order valence-electron chi connectivity index (χ0n) is 12.3. The third kappa shape index (κ3) is 4.91. The zero-order chi connectivity index (χ0) is 14.4. The molecule has 0 aliphatic rings. The fraction of sp³-hybridized carbons (Fsp3) is 0.533. The van der Waals surface area contributed by atoms with Crippen molar-refractivity contribution in [3.8, 4) is 0 Å². The van der Waals surface area contributed by atoms with Gasteiger partial charge in [-0.1, -0.05) is 19.9 Å². The minimum Gasteiger partial charge on any atom is -0.384 e. The molecule has 1 rings (SSSR count). The lowest BCUT2D eigenvalue weighted by molar-refractivity contribution is -0.114. The van der Waals surface area contributed by atoms with Crippen molar-refractivity contribution in [2.45, 2.75) is 27.7 Å². The lowest BCUT2D eigenvalue weighted by atomic mass is 9.96. The predicted octanol–water partition coefficient (Wildman–Crippen LogP) is 2.60. The highest BCUT2D eigenvalue weighted by atomic mass is 16.1. The third-order valence-corrected chi connectivity index (χ3v) is 3.36. The molecule has 0 aliphatic heterocycles. The summed E-state index contributed by atoms with van der Waals surface area (Å²) in [6, 6.07) is 5.87. The molecule has 1 aromatic rings. The van der Waals surface area contributed by atoms with Gasteiger partial charge in [0.15, 0.2) is 0 Å². The maximum Gasteiger partial charge on any atom is 0.221 e. The molecule has 19 heavy (non-hydrogen) atoms. The number of anilines is 2. The first-order valence-corrected chi connectivity index (χ1v) is 6.76. The first-order chi connectivity index (χ1) is 8.93. The smallest absolute Gasteiger partial charge is 0.221 e. The summed E-state index contributed by atoms with van der Waals surface area (Å²) in [5.74, 6) is 0.942. The van der Waals surface area contributed by atoms with E-state index in [0.717, 1.165) is 23.5 Å². The number of benzene rings is 1. The van der Waals surface area contributed by atoms with E-state index < -0.39 is 0 Å². The minimum absolute atomic E-state index is 0.0585. The van der Waals surface area contributed by atoms with E-state index in [4.69, 9.17) is 5.73 Å².